The van der Waals surface area contributed by atoms with Crippen LogP contribution >= 0.6 is 15.9 Å². The summed E-state index contributed by atoms with van der Waals surface area (Å²) in [5, 5.41) is 7.55. The lowest BCUT2D eigenvalue weighted by Crippen LogP contribution is -2.31. The Morgan fingerprint density at radius 2 is 1.96 bits per heavy atom. The second kappa shape index (κ2) is 7.96. The van der Waals surface area contributed by atoms with Crippen molar-refractivity contribution in [1.82, 2.24) is 15.1 Å². The molecule has 0 saturated carbocycles. The van der Waals surface area contributed by atoms with Crippen molar-refractivity contribution in [3.8, 4) is 11.3 Å². The number of aromatic nitrogens is 2. The van der Waals surface area contributed by atoms with E-state index in [9.17, 15) is 4.79 Å². The van der Waals surface area contributed by atoms with Crippen molar-refractivity contribution in [2.24, 2.45) is 0 Å². The van der Waals surface area contributed by atoms with Crippen LogP contribution in [0, 0.1) is 0 Å². The van der Waals surface area contributed by atoms with Crippen molar-refractivity contribution in [2.75, 3.05) is 6.54 Å². The highest BCUT2D eigenvalue weighted by atomic mass is 79.9. The molecule has 1 fully saturated rings. The fraction of sp³-hybridized carbons (Fsp3) is 0.238. The first-order valence-electron chi connectivity index (χ1n) is 8.99. The summed E-state index contributed by atoms with van der Waals surface area (Å²) in [6, 6.07) is 19.8. The number of ether oxygens (including phenoxy) is 1. The number of carbonyl (C=O) groups excluding carboxylic acids is 1. The van der Waals surface area contributed by atoms with Gasteiger partial charge in [-0.25, -0.2) is 4.79 Å². The molecule has 1 atom stereocenters. The summed E-state index contributed by atoms with van der Waals surface area (Å²) in [7, 11) is 0. The Balaban J connectivity index is 1.45. The Hall–Kier alpha value is -2.60. The molecule has 0 bridgehead atoms. The van der Waals surface area contributed by atoms with Crippen LogP contribution in [0.4, 0.5) is 4.79 Å². The quantitative estimate of drug-likeness (QED) is 0.615. The summed E-state index contributed by atoms with van der Waals surface area (Å²) in [5.41, 5.74) is 3.87. The molecule has 4 rings (SSSR count). The van der Waals surface area contributed by atoms with E-state index in [1.807, 2.05) is 60.7 Å². The van der Waals surface area contributed by atoms with Gasteiger partial charge in [0.05, 0.1) is 17.4 Å². The fourth-order valence-electron chi connectivity index (χ4n) is 3.38. The van der Waals surface area contributed by atoms with Crippen molar-refractivity contribution >= 4 is 22.0 Å². The number of amides is 1. The first-order chi connectivity index (χ1) is 13.2. The van der Waals surface area contributed by atoms with Crippen LogP contribution in [0.5, 0.6) is 0 Å². The van der Waals surface area contributed by atoms with Gasteiger partial charge in [0.15, 0.2) is 0 Å². The zero-order valence-electron chi connectivity index (χ0n) is 14.8. The first-order valence-corrected chi connectivity index (χ1v) is 9.78. The van der Waals surface area contributed by atoms with Crippen LogP contribution in [0.1, 0.15) is 30.1 Å². The number of hydrogen-bond donors (Lipinski definition) is 1. The average molecular weight is 426 g/mol. The van der Waals surface area contributed by atoms with Crippen molar-refractivity contribution in [3.63, 3.8) is 0 Å². The topological polar surface area (TPSA) is 58.2 Å². The Morgan fingerprint density at radius 3 is 2.74 bits per heavy atom. The molecular formula is C21H20BrN3O2. The molecule has 0 aliphatic carbocycles. The minimum Gasteiger partial charge on any atom is -0.445 e. The van der Waals surface area contributed by atoms with E-state index in [-0.39, 0.29) is 18.7 Å². The van der Waals surface area contributed by atoms with Gasteiger partial charge >= 0.3 is 6.09 Å². The molecule has 2 heterocycles. The van der Waals surface area contributed by atoms with Gasteiger partial charge in [0.2, 0.25) is 0 Å². The van der Waals surface area contributed by atoms with Gasteiger partial charge in [-0.3, -0.25) is 10.00 Å². The van der Waals surface area contributed by atoms with Crippen LogP contribution in [0.15, 0.2) is 65.1 Å². The lowest BCUT2D eigenvalue weighted by molar-refractivity contribution is 0.0915. The SMILES string of the molecule is O=C(OCc1ccccc1)N1CCC[C@H]1c1cc(-c2ccc(Br)cc2)[nH]n1. The molecule has 1 aliphatic heterocycles. The molecule has 2 aromatic carbocycles. The highest BCUT2D eigenvalue weighted by molar-refractivity contribution is 9.10. The van der Waals surface area contributed by atoms with E-state index in [1.54, 1.807) is 4.90 Å². The van der Waals surface area contributed by atoms with E-state index in [1.165, 1.54) is 0 Å². The van der Waals surface area contributed by atoms with Crippen LogP contribution in [0.2, 0.25) is 0 Å². The second-order valence-corrected chi connectivity index (χ2v) is 7.52. The first kappa shape index (κ1) is 17.8. The molecule has 1 aliphatic rings. The Bertz CT molecular complexity index is 909. The zero-order chi connectivity index (χ0) is 18.6. The summed E-state index contributed by atoms with van der Waals surface area (Å²) in [4.78, 5) is 14.4. The Kier molecular flexibility index (Phi) is 5.25. The van der Waals surface area contributed by atoms with Crippen LogP contribution in [-0.4, -0.2) is 27.7 Å². The van der Waals surface area contributed by atoms with E-state index >= 15 is 0 Å². The molecular weight excluding hydrogens is 406 g/mol. The maximum atomic E-state index is 12.6. The normalized spacial score (nSPS) is 16.5. The third-order valence-electron chi connectivity index (χ3n) is 4.79. The molecule has 0 unspecified atom stereocenters. The molecule has 138 valence electrons. The summed E-state index contributed by atoms with van der Waals surface area (Å²) in [5.74, 6) is 0. The molecule has 27 heavy (non-hydrogen) atoms. The summed E-state index contributed by atoms with van der Waals surface area (Å²) in [6.45, 7) is 0.979. The average Bonchev–Trinajstić information content (AvgIpc) is 3.37. The van der Waals surface area contributed by atoms with Crippen LogP contribution < -0.4 is 0 Å². The van der Waals surface area contributed by atoms with E-state index in [4.69, 9.17) is 4.74 Å². The molecule has 1 amide bonds. The summed E-state index contributed by atoms with van der Waals surface area (Å²) >= 11 is 3.45. The third-order valence-corrected chi connectivity index (χ3v) is 5.32. The molecule has 0 radical (unpaired) electrons. The summed E-state index contributed by atoms with van der Waals surface area (Å²) < 4.78 is 6.55. The second-order valence-electron chi connectivity index (χ2n) is 6.60. The van der Waals surface area contributed by atoms with Gasteiger partial charge in [0, 0.05) is 11.0 Å². The van der Waals surface area contributed by atoms with E-state index < -0.39 is 0 Å². The molecule has 6 heteroatoms. The van der Waals surface area contributed by atoms with Gasteiger partial charge < -0.3 is 4.74 Å². The maximum absolute atomic E-state index is 12.6. The predicted octanol–water partition coefficient (Wildman–Crippen LogP) is 5.31. The molecule has 3 aromatic rings. The molecule has 1 saturated heterocycles. The molecule has 1 aromatic heterocycles. The largest absolute Gasteiger partial charge is 0.445 e. The minimum absolute atomic E-state index is 0.0475. The number of likely N-dealkylation sites (tertiary alicyclic amines) is 1. The van der Waals surface area contributed by atoms with Gasteiger partial charge in [-0.1, -0.05) is 58.4 Å². The van der Waals surface area contributed by atoms with Crippen LogP contribution in [0.25, 0.3) is 11.3 Å². The van der Waals surface area contributed by atoms with Crippen molar-refractivity contribution in [2.45, 2.75) is 25.5 Å². The van der Waals surface area contributed by atoms with Gasteiger partial charge in [-0.05, 0) is 42.2 Å². The van der Waals surface area contributed by atoms with E-state index in [0.717, 1.165) is 39.8 Å². The van der Waals surface area contributed by atoms with Crippen LogP contribution in [-0.2, 0) is 11.3 Å². The van der Waals surface area contributed by atoms with Crippen molar-refractivity contribution in [1.29, 1.82) is 0 Å². The summed E-state index contributed by atoms with van der Waals surface area (Å²) in [6.07, 6.45) is 1.56. The van der Waals surface area contributed by atoms with Crippen LogP contribution in [0.3, 0.4) is 0 Å². The minimum atomic E-state index is -0.283. The number of nitrogens with one attached hydrogen (secondary N) is 1. The Labute approximate surface area is 166 Å². The van der Waals surface area contributed by atoms with Gasteiger partial charge in [-0.15, -0.1) is 0 Å². The Morgan fingerprint density at radius 1 is 1.19 bits per heavy atom. The molecule has 1 N–H and O–H groups in total. The third kappa shape index (κ3) is 4.06. The number of halogens is 1. The van der Waals surface area contributed by atoms with Crippen molar-refractivity contribution < 1.29 is 9.53 Å². The number of hydrogen-bond acceptors (Lipinski definition) is 3. The van der Waals surface area contributed by atoms with E-state index in [2.05, 4.69) is 26.1 Å². The highest BCUT2D eigenvalue weighted by Crippen LogP contribution is 2.33. The lowest BCUT2D eigenvalue weighted by Gasteiger charge is -2.22. The number of H-pyrrole nitrogens is 1. The van der Waals surface area contributed by atoms with Gasteiger partial charge in [-0.2, -0.15) is 5.10 Å². The number of carbonyl (C=O) groups is 1. The zero-order valence-corrected chi connectivity index (χ0v) is 16.4. The maximum Gasteiger partial charge on any atom is 0.410 e. The number of aromatic amines is 1. The lowest BCUT2D eigenvalue weighted by atomic mass is 10.1. The molecule has 0 spiro atoms. The monoisotopic (exact) mass is 425 g/mol. The standard InChI is InChI=1S/C21H20BrN3O2/c22-17-10-8-16(9-11-17)18-13-19(24-23-18)20-7-4-12-25(20)21(26)27-14-15-5-2-1-3-6-15/h1-3,5-6,8-11,13,20H,4,7,12,14H2,(H,23,24)/t20-/m0/s1. The number of nitrogens with zero attached hydrogens (tertiary/aromatic N) is 2. The van der Waals surface area contributed by atoms with Gasteiger partial charge in [0.1, 0.15) is 6.61 Å². The van der Waals surface area contributed by atoms with Gasteiger partial charge in [0.25, 0.3) is 0 Å². The highest BCUT2D eigenvalue weighted by Gasteiger charge is 2.32. The number of benzene rings is 2. The van der Waals surface area contributed by atoms with Crippen molar-refractivity contribution in [3.05, 3.63) is 76.4 Å². The smallest absolute Gasteiger partial charge is 0.410 e. The number of rotatable bonds is 4. The predicted molar refractivity (Wildman–Crippen MR) is 107 cm³/mol. The van der Waals surface area contributed by atoms with E-state index in [0.29, 0.717) is 6.54 Å². The fourth-order valence-corrected chi connectivity index (χ4v) is 3.64. The molecule has 5 nitrogen and oxygen atoms in total.